The van der Waals surface area contributed by atoms with E-state index in [0.29, 0.717) is 13.1 Å². The van der Waals surface area contributed by atoms with Crippen LogP contribution in [0.5, 0.6) is 0 Å². The van der Waals surface area contributed by atoms with Gasteiger partial charge in [0.15, 0.2) is 0 Å². The van der Waals surface area contributed by atoms with Gasteiger partial charge in [0.1, 0.15) is 0 Å². The number of nitrogens with zero attached hydrogens (tertiary/aromatic N) is 3. The van der Waals surface area contributed by atoms with Crippen LogP contribution in [0.4, 0.5) is 5.69 Å². The third-order valence-electron chi connectivity index (χ3n) is 4.03. The lowest BCUT2D eigenvalue weighted by molar-refractivity contribution is -0.126. The molecule has 2 amide bonds. The monoisotopic (exact) mass is 292 g/mol. The molecule has 1 N–H and O–H groups in total. The van der Waals surface area contributed by atoms with Crippen LogP contribution in [-0.2, 0) is 21.4 Å². The topological polar surface area (TPSA) is 76.5 Å². The Morgan fingerprint density at radius 1 is 1.57 bits per heavy atom. The lowest BCUT2D eigenvalue weighted by Gasteiger charge is -2.15. The minimum atomic E-state index is -0.292. The van der Waals surface area contributed by atoms with Gasteiger partial charge in [-0.25, -0.2) is 0 Å². The van der Waals surface area contributed by atoms with Crippen molar-refractivity contribution in [1.29, 1.82) is 0 Å². The van der Waals surface area contributed by atoms with Gasteiger partial charge in [0, 0.05) is 39.4 Å². The lowest BCUT2D eigenvalue weighted by atomic mass is 10.1. The first-order valence-corrected chi connectivity index (χ1v) is 7.32. The van der Waals surface area contributed by atoms with Gasteiger partial charge in [0.2, 0.25) is 11.8 Å². The van der Waals surface area contributed by atoms with E-state index in [1.807, 2.05) is 0 Å². The predicted octanol–water partition coefficient (Wildman–Crippen LogP) is 0.0682. The fourth-order valence-electron chi connectivity index (χ4n) is 2.84. The highest BCUT2D eigenvalue weighted by atomic mass is 16.5. The normalized spacial score (nSPS) is 25.6. The van der Waals surface area contributed by atoms with E-state index in [0.717, 1.165) is 25.1 Å². The van der Waals surface area contributed by atoms with E-state index in [1.54, 1.807) is 29.0 Å². The highest BCUT2D eigenvalue weighted by Gasteiger charge is 2.35. The van der Waals surface area contributed by atoms with E-state index in [-0.39, 0.29) is 30.3 Å². The summed E-state index contributed by atoms with van der Waals surface area (Å²) in [5, 5.41) is 6.96. The van der Waals surface area contributed by atoms with E-state index < -0.39 is 0 Å². The maximum Gasteiger partial charge on any atom is 0.227 e. The molecular formula is C14H20N4O3. The molecule has 3 heterocycles. The Labute approximate surface area is 123 Å². The summed E-state index contributed by atoms with van der Waals surface area (Å²) in [4.78, 5) is 25.8. The highest BCUT2D eigenvalue weighted by Crippen LogP contribution is 2.24. The average molecular weight is 292 g/mol. The maximum absolute atomic E-state index is 12.2. The second kappa shape index (κ2) is 5.85. The number of aromatic nitrogens is 2. The molecule has 0 aromatic carbocycles. The van der Waals surface area contributed by atoms with Crippen molar-refractivity contribution in [3.63, 3.8) is 0 Å². The Kier molecular flexibility index (Phi) is 3.92. The van der Waals surface area contributed by atoms with Crippen LogP contribution in [0.1, 0.15) is 19.3 Å². The van der Waals surface area contributed by atoms with Gasteiger partial charge in [0.25, 0.3) is 0 Å². The van der Waals surface area contributed by atoms with Gasteiger partial charge in [-0.15, -0.1) is 0 Å². The fourth-order valence-corrected chi connectivity index (χ4v) is 2.84. The van der Waals surface area contributed by atoms with Gasteiger partial charge < -0.3 is 15.0 Å². The van der Waals surface area contributed by atoms with Crippen molar-refractivity contribution < 1.29 is 14.3 Å². The summed E-state index contributed by atoms with van der Waals surface area (Å²) in [6.45, 7) is 1.73. The molecule has 0 spiro atoms. The second-order valence-electron chi connectivity index (χ2n) is 5.66. The van der Waals surface area contributed by atoms with Gasteiger partial charge in [0.05, 0.1) is 23.9 Å². The van der Waals surface area contributed by atoms with Crippen LogP contribution in [0.3, 0.4) is 0 Å². The number of amides is 2. The molecule has 2 saturated heterocycles. The molecular weight excluding hydrogens is 272 g/mol. The standard InChI is InChI=1S/C14H20N4O3/c1-17-9-11(6-16-17)18-8-10(5-13(18)19)14(20)15-7-12-3-2-4-21-12/h6,9-10,12H,2-5,7-8H2,1H3,(H,15,20)/t10-,12-/m1/s1. The molecule has 1 aromatic heterocycles. The first kappa shape index (κ1) is 14.1. The first-order chi connectivity index (χ1) is 10.1. The first-order valence-electron chi connectivity index (χ1n) is 7.32. The number of rotatable bonds is 4. The number of ether oxygens (including phenoxy) is 1. The van der Waals surface area contributed by atoms with Crippen LogP contribution in [-0.4, -0.2) is 47.4 Å². The van der Waals surface area contributed by atoms with Crippen LogP contribution >= 0.6 is 0 Å². The van der Waals surface area contributed by atoms with Crippen molar-refractivity contribution >= 4 is 17.5 Å². The second-order valence-corrected chi connectivity index (χ2v) is 5.66. The largest absolute Gasteiger partial charge is 0.376 e. The molecule has 0 unspecified atom stereocenters. The van der Waals surface area contributed by atoms with E-state index in [4.69, 9.17) is 4.74 Å². The molecule has 114 valence electrons. The maximum atomic E-state index is 12.2. The summed E-state index contributed by atoms with van der Waals surface area (Å²) in [6.07, 6.45) is 5.85. The summed E-state index contributed by atoms with van der Waals surface area (Å²) in [5.74, 6) is -0.385. The molecule has 3 rings (SSSR count). The summed E-state index contributed by atoms with van der Waals surface area (Å²) in [7, 11) is 1.80. The van der Waals surface area contributed by atoms with Crippen molar-refractivity contribution in [2.24, 2.45) is 13.0 Å². The summed E-state index contributed by atoms with van der Waals surface area (Å²) in [6, 6.07) is 0. The van der Waals surface area contributed by atoms with Crippen molar-refractivity contribution in [3.05, 3.63) is 12.4 Å². The van der Waals surface area contributed by atoms with Crippen molar-refractivity contribution in [3.8, 4) is 0 Å². The van der Waals surface area contributed by atoms with Crippen LogP contribution in [0, 0.1) is 5.92 Å². The Balaban J connectivity index is 1.55. The Bertz CT molecular complexity index is 536. The van der Waals surface area contributed by atoms with Crippen LogP contribution in [0.2, 0.25) is 0 Å². The zero-order valence-electron chi connectivity index (χ0n) is 12.1. The van der Waals surface area contributed by atoms with Crippen molar-refractivity contribution in [2.45, 2.75) is 25.4 Å². The van der Waals surface area contributed by atoms with E-state index >= 15 is 0 Å². The predicted molar refractivity (Wildman–Crippen MR) is 75.7 cm³/mol. The van der Waals surface area contributed by atoms with Gasteiger partial charge in [-0.2, -0.15) is 5.10 Å². The summed E-state index contributed by atoms with van der Waals surface area (Å²) >= 11 is 0. The number of aryl methyl sites for hydroxylation is 1. The number of carbonyl (C=O) groups is 2. The molecule has 7 heteroatoms. The minimum Gasteiger partial charge on any atom is -0.376 e. The molecule has 0 aliphatic carbocycles. The van der Waals surface area contributed by atoms with Gasteiger partial charge in [-0.1, -0.05) is 0 Å². The summed E-state index contributed by atoms with van der Waals surface area (Å²) in [5.41, 5.74) is 0.747. The molecule has 21 heavy (non-hydrogen) atoms. The Hall–Kier alpha value is -1.89. The van der Waals surface area contributed by atoms with Crippen molar-refractivity contribution in [1.82, 2.24) is 15.1 Å². The van der Waals surface area contributed by atoms with Gasteiger partial charge in [-0.3, -0.25) is 14.3 Å². The molecule has 0 bridgehead atoms. The van der Waals surface area contributed by atoms with E-state index in [2.05, 4.69) is 10.4 Å². The quantitative estimate of drug-likeness (QED) is 0.852. The van der Waals surface area contributed by atoms with Crippen LogP contribution < -0.4 is 10.2 Å². The minimum absolute atomic E-state index is 0.0275. The molecule has 2 aliphatic rings. The Morgan fingerprint density at radius 3 is 3.10 bits per heavy atom. The van der Waals surface area contributed by atoms with Gasteiger partial charge in [-0.05, 0) is 12.8 Å². The lowest BCUT2D eigenvalue weighted by Crippen LogP contribution is -2.37. The number of anilines is 1. The van der Waals surface area contributed by atoms with Crippen LogP contribution in [0.15, 0.2) is 12.4 Å². The zero-order chi connectivity index (χ0) is 14.8. The number of hydrogen-bond donors (Lipinski definition) is 1. The fraction of sp³-hybridized carbons (Fsp3) is 0.643. The number of hydrogen-bond acceptors (Lipinski definition) is 4. The van der Waals surface area contributed by atoms with Crippen LogP contribution in [0.25, 0.3) is 0 Å². The smallest absolute Gasteiger partial charge is 0.227 e. The zero-order valence-corrected chi connectivity index (χ0v) is 12.1. The van der Waals surface area contributed by atoms with Gasteiger partial charge >= 0.3 is 0 Å². The third kappa shape index (κ3) is 3.07. The number of nitrogens with one attached hydrogen (secondary N) is 1. The molecule has 2 atom stereocenters. The van der Waals surface area contributed by atoms with Crippen molar-refractivity contribution in [2.75, 3.05) is 24.6 Å². The molecule has 2 aliphatic heterocycles. The molecule has 0 radical (unpaired) electrons. The molecule has 0 saturated carbocycles. The highest BCUT2D eigenvalue weighted by molar-refractivity contribution is 6.00. The van der Waals surface area contributed by atoms with E-state index in [9.17, 15) is 9.59 Å². The molecule has 2 fully saturated rings. The number of carbonyl (C=O) groups excluding carboxylic acids is 2. The molecule has 7 nitrogen and oxygen atoms in total. The third-order valence-corrected chi connectivity index (χ3v) is 4.03. The SMILES string of the molecule is Cn1cc(N2C[C@H](C(=O)NC[C@H]3CCCO3)CC2=O)cn1. The summed E-state index contributed by atoms with van der Waals surface area (Å²) < 4.78 is 7.12. The molecule has 1 aromatic rings. The average Bonchev–Trinajstić information content (AvgIpc) is 3.17. The Morgan fingerprint density at radius 2 is 2.43 bits per heavy atom. The van der Waals surface area contributed by atoms with E-state index in [1.165, 1.54) is 0 Å².